The number of halogens is 4. The van der Waals surface area contributed by atoms with Gasteiger partial charge in [0.1, 0.15) is 0 Å². The molecule has 0 bridgehead atoms. The van der Waals surface area contributed by atoms with Gasteiger partial charge in [-0.05, 0) is 35.0 Å². The second-order valence-electron chi connectivity index (χ2n) is 4.18. The van der Waals surface area contributed by atoms with E-state index in [-0.39, 0.29) is 12.2 Å². The fourth-order valence-electron chi connectivity index (χ4n) is 1.59. The van der Waals surface area contributed by atoms with Crippen LogP contribution in [-0.2, 0) is 12.7 Å². The van der Waals surface area contributed by atoms with Crippen LogP contribution < -0.4 is 5.32 Å². The zero-order valence-electron chi connectivity index (χ0n) is 10.8. The molecule has 2 aromatic rings. The smallest absolute Gasteiger partial charge is 0.377 e. The normalized spacial score (nSPS) is 11.5. The number of aryl methyl sites for hydroxylation is 1. The summed E-state index contributed by atoms with van der Waals surface area (Å²) in [7, 11) is 0. The van der Waals surface area contributed by atoms with Gasteiger partial charge in [-0.15, -0.1) is 10.2 Å². The molecule has 0 saturated heterocycles. The molecule has 2 aromatic heterocycles. The Bertz CT molecular complexity index is 669. The molecule has 0 aliphatic carbocycles. The van der Waals surface area contributed by atoms with E-state index in [1.165, 1.54) is 18.3 Å². The van der Waals surface area contributed by atoms with Crippen LogP contribution in [0.3, 0.4) is 0 Å². The van der Waals surface area contributed by atoms with Crippen molar-refractivity contribution in [2.45, 2.75) is 19.6 Å². The first-order chi connectivity index (χ1) is 9.75. The predicted octanol–water partition coefficient (Wildman–Crippen LogP) is 3.78. The molecule has 112 valence electrons. The first-order valence-electron chi connectivity index (χ1n) is 5.72. The fraction of sp³-hybridized carbons (Fsp3) is 0.250. The van der Waals surface area contributed by atoms with Crippen molar-refractivity contribution in [2.24, 2.45) is 0 Å². The van der Waals surface area contributed by atoms with Gasteiger partial charge in [0.15, 0.2) is 8.92 Å². The lowest BCUT2D eigenvalue weighted by Crippen LogP contribution is -2.14. The molecular formula is C12H10BrF3N4S. The molecule has 9 heteroatoms. The van der Waals surface area contributed by atoms with Crippen molar-refractivity contribution in [2.75, 3.05) is 0 Å². The molecular weight excluding hydrogens is 369 g/mol. The first-order valence-corrected chi connectivity index (χ1v) is 7.33. The van der Waals surface area contributed by atoms with E-state index in [1.54, 1.807) is 0 Å². The van der Waals surface area contributed by atoms with Crippen molar-refractivity contribution < 1.29 is 13.2 Å². The summed E-state index contributed by atoms with van der Waals surface area (Å²) in [5.41, 5.74) is 0.365. The average Bonchev–Trinajstić information content (AvgIpc) is 2.81. The van der Waals surface area contributed by atoms with Crippen molar-refractivity contribution in [3.05, 3.63) is 44.6 Å². The van der Waals surface area contributed by atoms with Crippen molar-refractivity contribution in [3.63, 3.8) is 0 Å². The Morgan fingerprint density at radius 1 is 1.38 bits per heavy atom. The Labute approximate surface area is 131 Å². The zero-order chi connectivity index (χ0) is 15.6. The summed E-state index contributed by atoms with van der Waals surface area (Å²) >= 11 is 4.45. The molecule has 2 heterocycles. The van der Waals surface area contributed by atoms with E-state index in [1.807, 2.05) is 0 Å². The van der Waals surface area contributed by atoms with Crippen LogP contribution in [0.5, 0.6) is 0 Å². The standard InChI is InChI=1S/C12H10BrF3N4S/c1-6-3-8(12(14,15)16)4-9(18-6)5-17-7(2)10-19-20-11(13)21-10/h3-4,17H,2,5H2,1H3. The van der Waals surface area contributed by atoms with Gasteiger partial charge in [-0.2, -0.15) is 13.2 Å². The minimum atomic E-state index is -4.39. The number of rotatable bonds is 4. The largest absolute Gasteiger partial charge is 0.416 e. The summed E-state index contributed by atoms with van der Waals surface area (Å²) in [4.78, 5) is 4.07. The van der Waals surface area contributed by atoms with Crippen LogP contribution in [0.1, 0.15) is 22.0 Å². The van der Waals surface area contributed by atoms with Gasteiger partial charge in [-0.3, -0.25) is 4.98 Å². The van der Waals surface area contributed by atoms with Crippen LogP contribution in [0.15, 0.2) is 22.6 Å². The van der Waals surface area contributed by atoms with E-state index >= 15 is 0 Å². The second-order valence-corrected chi connectivity index (χ2v) is 6.43. The van der Waals surface area contributed by atoms with E-state index in [2.05, 4.69) is 43.0 Å². The van der Waals surface area contributed by atoms with E-state index < -0.39 is 11.7 Å². The molecule has 2 rings (SSSR count). The van der Waals surface area contributed by atoms with Gasteiger partial charge in [0, 0.05) is 5.69 Å². The Morgan fingerprint density at radius 3 is 2.67 bits per heavy atom. The third-order valence-corrected chi connectivity index (χ3v) is 3.89. The summed E-state index contributed by atoms with van der Waals surface area (Å²) < 4.78 is 38.8. The van der Waals surface area contributed by atoms with Gasteiger partial charge in [-0.1, -0.05) is 17.9 Å². The highest BCUT2D eigenvalue weighted by Crippen LogP contribution is 2.30. The van der Waals surface area contributed by atoms with Crippen molar-refractivity contribution >= 4 is 33.0 Å². The highest BCUT2D eigenvalue weighted by molar-refractivity contribution is 9.11. The monoisotopic (exact) mass is 378 g/mol. The maximum absolute atomic E-state index is 12.7. The van der Waals surface area contributed by atoms with E-state index in [0.29, 0.717) is 20.3 Å². The van der Waals surface area contributed by atoms with Crippen LogP contribution in [0, 0.1) is 6.92 Å². The van der Waals surface area contributed by atoms with Gasteiger partial charge in [0.25, 0.3) is 0 Å². The lowest BCUT2D eigenvalue weighted by atomic mass is 10.2. The van der Waals surface area contributed by atoms with E-state index in [4.69, 9.17) is 0 Å². The lowest BCUT2D eigenvalue weighted by Gasteiger charge is -2.11. The van der Waals surface area contributed by atoms with Gasteiger partial charge in [0.05, 0.1) is 23.5 Å². The maximum Gasteiger partial charge on any atom is 0.416 e. The predicted molar refractivity (Wildman–Crippen MR) is 77.5 cm³/mol. The van der Waals surface area contributed by atoms with Crippen LogP contribution >= 0.6 is 27.3 Å². The molecule has 0 radical (unpaired) electrons. The maximum atomic E-state index is 12.7. The number of pyridine rings is 1. The van der Waals surface area contributed by atoms with E-state index in [9.17, 15) is 13.2 Å². The summed E-state index contributed by atoms with van der Waals surface area (Å²) in [6.45, 7) is 5.42. The summed E-state index contributed by atoms with van der Waals surface area (Å²) in [6.07, 6.45) is -4.39. The minimum Gasteiger partial charge on any atom is -0.377 e. The molecule has 0 spiro atoms. The molecule has 0 atom stereocenters. The number of aromatic nitrogens is 3. The number of hydrogen-bond acceptors (Lipinski definition) is 5. The van der Waals surface area contributed by atoms with Crippen LogP contribution in [0.4, 0.5) is 13.2 Å². The molecule has 0 aliphatic rings. The molecule has 0 amide bonds. The highest BCUT2D eigenvalue weighted by atomic mass is 79.9. The molecule has 0 aromatic carbocycles. The quantitative estimate of drug-likeness (QED) is 0.879. The second kappa shape index (κ2) is 6.10. The number of alkyl halides is 3. The number of nitrogens with zero attached hydrogens (tertiary/aromatic N) is 3. The lowest BCUT2D eigenvalue weighted by molar-refractivity contribution is -0.137. The van der Waals surface area contributed by atoms with Gasteiger partial charge in [-0.25, -0.2) is 0 Å². The molecule has 4 nitrogen and oxygen atoms in total. The van der Waals surface area contributed by atoms with Gasteiger partial charge >= 0.3 is 6.18 Å². The average molecular weight is 379 g/mol. The third kappa shape index (κ3) is 4.24. The summed E-state index contributed by atoms with van der Waals surface area (Å²) in [6, 6.07) is 2.03. The highest BCUT2D eigenvalue weighted by Gasteiger charge is 2.31. The summed E-state index contributed by atoms with van der Waals surface area (Å²) in [5, 5.41) is 11.1. The molecule has 0 saturated carbocycles. The number of hydrogen-bond donors (Lipinski definition) is 1. The Hall–Kier alpha value is -1.48. The van der Waals surface area contributed by atoms with Gasteiger partial charge in [0.2, 0.25) is 0 Å². The topological polar surface area (TPSA) is 50.7 Å². The molecule has 0 fully saturated rings. The molecule has 0 aliphatic heterocycles. The molecule has 1 N–H and O–H groups in total. The molecule has 21 heavy (non-hydrogen) atoms. The SMILES string of the molecule is C=C(NCc1cc(C(F)(F)F)cc(C)n1)c1nnc(Br)s1. The van der Waals surface area contributed by atoms with Crippen molar-refractivity contribution in [1.29, 1.82) is 0 Å². The Balaban J connectivity index is 2.10. The fourth-order valence-corrected chi connectivity index (χ4v) is 2.65. The van der Waals surface area contributed by atoms with Crippen molar-refractivity contribution in [1.82, 2.24) is 20.5 Å². The first kappa shape index (κ1) is 15.9. The number of nitrogens with one attached hydrogen (secondary N) is 1. The zero-order valence-corrected chi connectivity index (χ0v) is 13.2. The van der Waals surface area contributed by atoms with Crippen LogP contribution in [0.25, 0.3) is 5.70 Å². The van der Waals surface area contributed by atoms with Crippen molar-refractivity contribution in [3.8, 4) is 0 Å². The Morgan fingerprint density at radius 2 is 2.10 bits per heavy atom. The minimum absolute atomic E-state index is 0.126. The third-order valence-electron chi connectivity index (χ3n) is 2.48. The van der Waals surface area contributed by atoms with Crippen LogP contribution in [0.2, 0.25) is 0 Å². The Kier molecular flexibility index (Phi) is 4.62. The summed E-state index contributed by atoms with van der Waals surface area (Å²) in [5.74, 6) is 0. The molecule has 0 unspecified atom stereocenters. The van der Waals surface area contributed by atoms with E-state index in [0.717, 1.165) is 12.1 Å². The van der Waals surface area contributed by atoms with Crippen LogP contribution in [-0.4, -0.2) is 15.2 Å². The van der Waals surface area contributed by atoms with Gasteiger partial charge < -0.3 is 5.32 Å².